The van der Waals surface area contributed by atoms with Crippen LogP contribution in [-0.4, -0.2) is 34.4 Å². The molecule has 3 aromatic rings. The molecule has 8 heteroatoms. The van der Waals surface area contributed by atoms with Crippen LogP contribution in [0.4, 0.5) is 8.78 Å². The molecule has 1 aliphatic rings. The Labute approximate surface area is 179 Å². The lowest BCUT2D eigenvalue weighted by molar-refractivity contribution is 0.0941. The van der Waals surface area contributed by atoms with Gasteiger partial charge in [-0.25, -0.2) is 13.8 Å². The Balaban J connectivity index is 1.58. The molecule has 6 nitrogen and oxygen atoms in total. The molecule has 3 heterocycles. The summed E-state index contributed by atoms with van der Waals surface area (Å²) in [6.45, 7) is 4.86. The van der Waals surface area contributed by atoms with Gasteiger partial charge in [0.2, 0.25) is 0 Å². The average Bonchev–Trinajstić information content (AvgIpc) is 3.08. The second-order valence-corrected chi connectivity index (χ2v) is 7.97. The predicted molar refractivity (Wildman–Crippen MR) is 113 cm³/mol. The van der Waals surface area contributed by atoms with Gasteiger partial charge in [-0.2, -0.15) is 0 Å². The summed E-state index contributed by atoms with van der Waals surface area (Å²) in [4.78, 5) is 17.4. The van der Waals surface area contributed by atoms with Gasteiger partial charge in [-0.1, -0.05) is 12.5 Å². The molecular weight excluding hydrogens is 402 g/mol. The molecule has 1 fully saturated rings. The third kappa shape index (κ3) is 4.54. The first kappa shape index (κ1) is 21.2. The first-order valence-electron chi connectivity index (χ1n) is 10.5. The van der Waals surface area contributed by atoms with Crippen molar-refractivity contribution in [2.24, 2.45) is 0 Å². The third-order valence-electron chi connectivity index (χ3n) is 5.57. The fraction of sp³-hybridized carbons (Fsp3) is 0.391. The highest BCUT2D eigenvalue weighted by molar-refractivity contribution is 5.95. The SMILES string of the molecule is Cc1cc(OCc2c(F)cccc2F)c2nc(C)c(C(=O)NC[C@H]3CCCCN3)n2c1. The summed E-state index contributed by atoms with van der Waals surface area (Å²) >= 11 is 0. The molecule has 0 spiro atoms. The number of hydrogen-bond acceptors (Lipinski definition) is 4. The van der Waals surface area contributed by atoms with Crippen molar-refractivity contribution in [3.63, 3.8) is 0 Å². The lowest BCUT2D eigenvalue weighted by atomic mass is 10.1. The minimum Gasteiger partial charge on any atom is -0.485 e. The maximum absolute atomic E-state index is 14.0. The van der Waals surface area contributed by atoms with E-state index < -0.39 is 11.6 Å². The summed E-state index contributed by atoms with van der Waals surface area (Å²) in [5.74, 6) is -1.19. The van der Waals surface area contributed by atoms with E-state index in [9.17, 15) is 13.6 Å². The number of benzene rings is 1. The van der Waals surface area contributed by atoms with Crippen molar-refractivity contribution in [3.8, 4) is 5.75 Å². The molecule has 164 valence electrons. The van der Waals surface area contributed by atoms with Crippen LogP contribution in [-0.2, 0) is 6.61 Å². The molecule has 0 unspecified atom stereocenters. The third-order valence-corrected chi connectivity index (χ3v) is 5.57. The molecule has 4 rings (SSSR count). The van der Waals surface area contributed by atoms with Gasteiger partial charge in [-0.3, -0.25) is 9.20 Å². The average molecular weight is 428 g/mol. The molecular formula is C23H26F2N4O2. The van der Waals surface area contributed by atoms with Crippen LogP contribution in [0.1, 0.15) is 46.6 Å². The number of aromatic nitrogens is 2. The van der Waals surface area contributed by atoms with Crippen LogP contribution in [0.5, 0.6) is 5.75 Å². The van der Waals surface area contributed by atoms with E-state index in [4.69, 9.17) is 4.74 Å². The molecule has 0 saturated carbocycles. The summed E-state index contributed by atoms with van der Waals surface area (Å²) in [5, 5.41) is 6.41. The minimum absolute atomic E-state index is 0.150. The van der Waals surface area contributed by atoms with Crippen LogP contribution in [0.3, 0.4) is 0 Å². The highest BCUT2D eigenvalue weighted by Gasteiger charge is 2.21. The number of carbonyl (C=O) groups is 1. The molecule has 2 N–H and O–H groups in total. The van der Waals surface area contributed by atoms with E-state index in [-0.39, 0.29) is 24.1 Å². The van der Waals surface area contributed by atoms with Crippen molar-refractivity contribution in [3.05, 3.63) is 64.6 Å². The van der Waals surface area contributed by atoms with Crippen LogP contribution in [0, 0.1) is 25.5 Å². The zero-order valence-electron chi connectivity index (χ0n) is 17.7. The number of fused-ring (bicyclic) bond motifs is 1. The van der Waals surface area contributed by atoms with Crippen molar-refractivity contribution in [2.75, 3.05) is 13.1 Å². The Morgan fingerprint density at radius 2 is 2.06 bits per heavy atom. The van der Waals surface area contributed by atoms with Gasteiger partial charge in [0.1, 0.15) is 23.9 Å². The van der Waals surface area contributed by atoms with Gasteiger partial charge in [-0.05, 0) is 57.0 Å². The number of imidazole rings is 1. The number of carbonyl (C=O) groups excluding carboxylic acids is 1. The monoisotopic (exact) mass is 428 g/mol. The molecule has 0 radical (unpaired) electrons. The first-order chi connectivity index (χ1) is 14.9. The zero-order chi connectivity index (χ0) is 22.0. The van der Waals surface area contributed by atoms with Crippen LogP contribution in [0.15, 0.2) is 30.5 Å². The quantitative estimate of drug-likeness (QED) is 0.629. The molecule has 2 aromatic heterocycles. The molecule has 1 aromatic carbocycles. The number of pyridine rings is 1. The van der Waals surface area contributed by atoms with E-state index in [0.29, 0.717) is 29.3 Å². The van der Waals surface area contributed by atoms with Crippen molar-refractivity contribution in [1.29, 1.82) is 0 Å². The Hall–Kier alpha value is -3.00. The largest absolute Gasteiger partial charge is 0.485 e. The highest BCUT2D eigenvalue weighted by Crippen LogP contribution is 2.26. The van der Waals surface area contributed by atoms with Crippen LogP contribution >= 0.6 is 0 Å². The summed E-state index contributed by atoms with van der Waals surface area (Å²) in [6, 6.07) is 5.71. The Kier molecular flexibility index (Phi) is 6.18. The normalized spacial score (nSPS) is 16.5. The Morgan fingerprint density at radius 1 is 1.29 bits per heavy atom. The summed E-state index contributed by atoms with van der Waals surface area (Å²) in [5.41, 5.74) is 2.10. The molecule has 31 heavy (non-hydrogen) atoms. The number of hydrogen-bond donors (Lipinski definition) is 2. The van der Waals surface area contributed by atoms with Crippen LogP contribution in [0.2, 0.25) is 0 Å². The maximum Gasteiger partial charge on any atom is 0.270 e. The molecule has 1 atom stereocenters. The van der Waals surface area contributed by atoms with Crippen molar-refractivity contribution in [2.45, 2.75) is 45.8 Å². The molecule has 1 saturated heterocycles. The van der Waals surface area contributed by atoms with Gasteiger partial charge in [0.25, 0.3) is 5.91 Å². The van der Waals surface area contributed by atoms with Gasteiger partial charge < -0.3 is 15.4 Å². The molecule has 0 bridgehead atoms. The number of amides is 1. The summed E-state index contributed by atoms with van der Waals surface area (Å²) in [6.07, 6.45) is 5.16. The highest BCUT2D eigenvalue weighted by atomic mass is 19.1. The standard InChI is InChI=1S/C23H26F2N4O2/c1-14-10-20(31-13-17-18(24)7-5-8-19(17)25)22-28-15(2)21(29(22)12-14)23(30)27-11-16-6-3-4-9-26-16/h5,7-8,10,12,16,26H,3-4,6,9,11,13H2,1-2H3,(H,27,30)/t16-/m1/s1. The zero-order valence-corrected chi connectivity index (χ0v) is 17.7. The molecule has 1 amide bonds. The van der Waals surface area contributed by atoms with Gasteiger partial charge in [-0.15, -0.1) is 0 Å². The minimum atomic E-state index is -0.667. The smallest absolute Gasteiger partial charge is 0.270 e. The van der Waals surface area contributed by atoms with Crippen molar-refractivity contribution >= 4 is 11.6 Å². The number of rotatable bonds is 6. The second-order valence-electron chi connectivity index (χ2n) is 7.97. The van der Waals surface area contributed by atoms with Gasteiger partial charge in [0.05, 0.1) is 11.3 Å². The fourth-order valence-electron chi connectivity index (χ4n) is 3.96. The Morgan fingerprint density at radius 3 is 2.77 bits per heavy atom. The molecule has 0 aliphatic carbocycles. The van der Waals surface area contributed by atoms with Crippen molar-refractivity contribution < 1.29 is 18.3 Å². The fourth-order valence-corrected chi connectivity index (χ4v) is 3.96. The summed E-state index contributed by atoms with van der Waals surface area (Å²) < 4.78 is 35.3. The van der Waals surface area contributed by atoms with Gasteiger partial charge in [0.15, 0.2) is 11.4 Å². The van der Waals surface area contributed by atoms with E-state index in [1.807, 2.05) is 6.92 Å². The van der Waals surface area contributed by atoms with Gasteiger partial charge in [0, 0.05) is 18.8 Å². The van der Waals surface area contributed by atoms with E-state index in [0.717, 1.165) is 31.4 Å². The lowest BCUT2D eigenvalue weighted by Gasteiger charge is -2.23. The molecule has 1 aliphatic heterocycles. The number of nitrogens with zero attached hydrogens (tertiary/aromatic N) is 2. The van der Waals surface area contributed by atoms with Gasteiger partial charge >= 0.3 is 0 Å². The number of ether oxygens (including phenoxy) is 1. The Bertz CT molecular complexity index is 1090. The maximum atomic E-state index is 14.0. The van der Waals surface area contributed by atoms with E-state index in [2.05, 4.69) is 15.6 Å². The van der Waals surface area contributed by atoms with E-state index >= 15 is 0 Å². The topological polar surface area (TPSA) is 67.7 Å². The second kappa shape index (κ2) is 9.01. The summed E-state index contributed by atoms with van der Waals surface area (Å²) in [7, 11) is 0. The van der Waals surface area contributed by atoms with E-state index in [1.54, 1.807) is 23.6 Å². The number of aryl methyl sites for hydroxylation is 2. The first-order valence-corrected chi connectivity index (χ1v) is 10.5. The number of piperidine rings is 1. The van der Waals surface area contributed by atoms with E-state index in [1.165, 1.54) is 18.2 Å². The lowest BCUT2D eigenvalue weighted by Crippen LogP contribution is -2.43. The van der Waals surface area contributed by atoms with Crippen LogP contribution in [0.25, 0.3) is 5.65 Å². The van der Waals surface area contributed by atoms with Crippen molar-refractivity contribution in [1.82, 2.24) is 20.0 Å². The number of nitrogens with one attached hydrogen (secondary N) is 2. The van der Waals surface area contributed by atoms with Crippen LogP contribution < -0.4 is 15.4 Å². The number of halogens is 2. The predicted octanol–water partition coefficient (Wildman–Crippen LogP) is 3.68.